The average molecular weight is 195 g/mol. The van der Waals surface area contributed by atoms with Crippen molar-refractivity contribution in [2.75, 3.05) is 6.61 Å². The van der Waals surface area contributed by atoms with Gasteiger partial charge in [-0.2, -0.15) is 0 Å². The number of rotatable bonds is 2. The summed E-state index contributed by atoms with van der Waals surface area (Å²) in [5, 5.41) is 0. The highest BCUT2D eigenvalue weighted by atomic mass is 35.7. The molecule has 0 aliphatic carbocycles. The molecule has 1 heterocycles. The van der Waals surface area contributed by atoms with E-state index in [1.807, 2.05) is 0 Å². The fourth-order valence-corrected chi connectivity index (χ4v) is 2.29. The van der Waals surface area contributed by atoms with E-state index in [9.17, 15) is 0 Å². The molecular weight excluding hydrogens is 180 g/mol. The van der Waals surface area contributed by atoms with Crippen LogP contribution >= 0.6 is 21.7 Å². The van der Waals surface area contributed by atoms with Crippen LogP contribution < -0.4 is 0 Å². The molecule has 0 amide bonds. The van der Waals surface area contributed by atoms with Gasteiger partial charge in [0, 0.05) is 6.61 Å². The Hall–Kier alpha value is 0.600. The van der Waals surface area contributed by atoms with E-state index in [1.165, 1.54) is 17.4 Å². The molecule has 1 aliphatic heterocycles. The van der Waals surface area contributed by atoms with E-state index in [0.717, 1.165) is 24.9 Å². The van der Waals surface area contributed by atoms with E-state index in [-0.39, 0.29) is 5.44 Å². The minimum absolute atomic E-state index is 0.234. The molecule has 66 valence electrons. The molecule has 1 rings (SSSR count). The van der Waals surface area contributed by atoms with Gasteiger partial charge >= 0.3 is 0 Å². The van der Waals surface area contributed by atoms with Crippen molar-refractivity contribution in [3.05, 3.63) is 0 Å². The van der Waals surface area contributed by atoms with Crippen LogP contribution in [0.1, 0.15) is 26.7 Å². The Labute approximate surface area is 77.3 Å². The molecule has 0 aromatic carbocycles. The van der Waals surface area contributed by atoms with Crippen LogP contribution in [0.5, 0.6) is 0 Å². The Morgan fingerprint density at radius 3 is 2.82 bits per heavy atom. The zero-order valence-electron chi connectivity index (χ0n) is 7.05. The fraction of sp³-hybridized carbons (Fsp3) is 1.00. The quantitative estimate of drug-likeness (QED) is 0.668. The normalized spacial score (nSPS) is 32.7. The van der Waals surface area contributed by atoms with Crippen molar-refractivity contribution in [2.45, 2.75) is 32.1 Å². The molecule has 0 aromatic heterocycles. The third kappa shape index (κ3) is 2.85. The second-order valence-corrected chi connectivity index (χ2v) is 4.66. The van der Waals surface area contributed by atoms with Crippen LogP contribution in [-0.4, -0.2) is 12.0 Å². The van der Waals surface area contributed by atoms with Crippen LogP contribution in [0, 0.1) is 11.8 Å². The van der Waals surface area contributed by atoms with E-state index in [1.54, 1.807) is 0 Å². The van der Waals surface area contributed by atoms with Gasteiger partial charge in [-0.05, 0) is 46.3 Å². The molecular formula is C8H15ClOS. The standard InChI is InChI=1S/C8H15ClOS/c1-6(2)7-3-4-10-8(5-7)11-9/h6-8H,3-5H2,1-2H3. The maximum absolute atomic E-state index is 5.64. The van der Waals surface area contributed by atoms with Crippen LogP contribution in [0.3, 0.4) is 0 Å². The Bertz CT molecular complexity index is 119. The van der Waals surface area contributed by atoms with E-state index < -0.39 is 0 Å². The third-order valence-corrected chi connectivity index (χ3v) is 3.45. The molecule has 0 bridgehead atoms. The summed E-state index contributed by atoms with van der Waals surface area (Å²) in [5.74, 6) is 1.57. The van der Waals surface area contributed by atoms with Gasteiger partial charge in [0.2, 0.25) is 0 Å². The van der Waals surface area contributed by atoms with Crippen molar-refractivity contribution >= 4 is 21.7 Å². The van der Waals surface area contributed by atoms with E-state index in [0.29, 0.717) is 0 Å². The number of ether oxygens (including phenoxy) is 1. The Kier molecular flexibility index (Phi) is 4.04. The molecule has 2 unspecified atom stereocenters. The number of hydrogen-bond acceptors (Lipinski definition) is 2. The van der Waals surface area contributed by atoms with Gasteiger partial charge in [-0.25, -0.2) is 0 Å². The van der Waals surface area contributed by atoms with Crippen molar-refractivity contribution in [3.8, 4) is 0 Å². The van der Waals surface area contributed by atoms with Crippen molar-refractivity contribution in [3.63, 3.8) is 0 Å². The molecule has 1 aliphatic rings. The molecule has 0 N–H and O–H groups in total. The topological polar surface area (TPSA) is 9.23 Å². The van der Waals surface area contributed by atoms with Crippen molar-refractivity contribution < 1.29 is 4.74 Å². The van der Waals surface area contributed by atoms with E-state index in [2.05, 4.69) is 13.8 Å². The largest absolute Gasteiger partial charge is 0.366 e. The predicted molar refractivity (Wildman–Crippen MR) is 50.7 cm³/mol. The number of halogens is 1. The summed E-state index contributed by atoms with van der Waals surface area (Å²) >= 11 is 0. The molecule has 1 fully saturated rings. The van der Waals surface area contributed by atoms with Crippen LogP contribution in [-0.2, 0) is 4.74 Å². The average Bonchev–Trinajstić information content (AvgIpc) is 2.05. The van der Waals surface area contributed by atoms with Crippen LogP contribution in [0.2, 0.25) is 0 Å². The minimum Gasteiger partial charge on any atom is -0.366 e. The Morgan fingerprint density at radius 1 is 1.55 bits per heavy atom. The number of hydrogen-bond donors (Lipinski definition) is 0. The highest BCUT2D eigenvalue weighted by Gasteiger charge is 2.24. The summed E-state index contributed by atoms with van der Waals surface area (Å²) in [5.41, 5.74) is 0.234. The molecule has 0 radical (unpaired) electrons. The molecule has 0 aromatic rings. The van der Waals surface area contributed by atoms with E-state index >= 15 is 0 Å². The third-order valence-electron chi connectivity index (χ3n) is 2.33. The Balaban J connectivity index is 2.33. The molecule has 0 saturated carbocycles. The van der Waals surface area contributed by atoms with Crippen LogP contribution in [0.15, 0.2) is 0 Å². The zero-order chi connectivity index (χ0) is 8.27. The van der Waals surface area contributed by atoms with Gasteiger partial charge in [0.1, 0.15) is 5.44 Å². The second kappa shape index (κ2) is 4.58. The van der Waals surface area contributed by atoms with E-state index in [4.69, 9.17) is 15.4 Å². The molecule has 3 heteroatoms. The van der Waals surface area contributed by atoms with Crippen molar-refractivity contribution in [1.29, 1.82) is 0 Å². The molecule has 1 saturated heterocycles. The first kappa shape index (κ1) is 9.69. The predicted octanol–water partition coefficient (Wildman–Crippen LogP) is 3.28. The smallest absolute Gasteiger partial charge is 0.118 e. The molecule has 11 heavy (non-hydrogen) atoms. The van der Waals surface area contributed by atoms with Gasteiger partial charge in [0.25, 0.3) is 0 Å². The summed E-state index contributed by atoms with van der Waals surface area (Å²) in [6.45, 7) is 5.42. The molecule has 2 atom stereocenters. The summed E-state index contributed by atoms with van der Waals surface area (Å²) in [4.78, 5) is 0. The van der Waals surface area contributed by atoms with Gasteiger partial charge in [-0.1, -0.05) is 13.8 Å². The lowest BCUT2D eigenvalue weighted by Gasteiger charge is -2.29. The minimum atomic E-state index is 0.234. The fourth-order valence-electron chi connectivity index (χ4n) is 1.45. The highest BCUT2D eigenvalue weighted by molar-refractivity contribution is 8.21. The highest BCUT2D eigenvalue weighted by Crippen LogP contribution is 2.33. The maximum atomic E-state index is 5.64. The molecule has 0 spiro atoms. The van der Waals surface area contributed by atoms with Gasteiger partial charge < -0.3 is 4.74 Å². The van der Waals surface area contributed by atoms with Gasteiger partial charge in [0.15, 0.2) is 0 Å². The lowest BCUT2D eigenvalue weighted by Crippen LogP contribution is -2.25. The zero-order valence-corrected chi connectivity index (χ0v) is 8.62. The van der Waals surface area contributed by atoms with Gasteiger partial charge in [0.05, 0.1) is 0 Å². The first-order valence-corrected chi connectivity index (χ1v) is 5.83. The summed E-state index contributed by atoms with van der Waals surface area (Å²) < 4.78 is 5.44. The summed E-state index contributed by atoms with van der Waals surface area (Å²) in [7, 11) is 6.96. The maximum Gasteiger partial charge on any atom is 0.118 e. The first-order chi connectivity index (χ1) is 5.24. The first-order valence-electron chi connectivity index (χ1n) is 4.13. The van der Waals surface area contributed by atoms with Crippen LogP contribution in [0.4, 0.5) is 0 Å². The monoisotopic (exact) mass is 194 g/mol. The van der Waals surface area contributed by atoms with Crippen LogP contribution in [0.25, 0.3) is 0 Å². The van der Waals surface area contributed by atoms with Gasteiger partial charge in [-0.3, -0.25) is 0 Å². The van der Waals surface area contributed by atoms with Crippen molar-refractivity contribution in [1.82, 2.24) is 0 Å². The summed E-state index contributed by atoms with van der Waals surface area (Å²) in [6, 6.07) is 0. The Morgan fingerprint density at radius 2 is 2.27 bits per heavy atom. The van der Waals surface area contributed by atoms with Crippen molar-refractivity contribution in [2.24, 2.45) is 11.8 Å². The summed E-state index contributed by atoms with van der Waals surface area (Å²) in [6.07, 6.45) is 2.32. The SMILES string of the molecule is CC(C)C1CCOC(SCl)C1. The second-order valence-electron chi connectivity index (χ2n) is 3.42. The lowest BCUT2D eigenvalue weighted by molar-refractivity contribution is 0.0318. The lowest BCUT2D eigenvalue weighted by atomic mass is 9.89. The molecule has 1 nitrogen and oxygen atoms in total. The van der Waals surface area contributed by atoms with Gasteiger partial charge in [-0.15, -0.1) is 0 Å².